The Labute approximate surface area is 127 Å². The number of rotatable bonds is 6. The molecular formula is C16H16N2O4. The number of benzene rings is 1. The maximum Gasteiger partial charge on any atom is 0.307 e. The highest BCUT2D eigenvalue weighted by molar-refractivity contribution is 6.02. The number of hydrazone groups is 1. The van der Waals surface area contributed by atoms with Gasteiger partial charge in [-0.1, -0.05) is 30.3 Å². The molecule has 0 bridgehead atoms. The molecule has 1 amide bonds. The molecule has 1 aromatic heterocycles. The van der Waals surface area contributed by atoms with E-state index in [0.29, 0.717) is 11.5 Å². The third-order valence-corrected chi connectivity index (χ3v) is 2.94. The lowest BCUT2D eigenvalue weighted by Gasteiger charge is -2.05. The summed E-state index contributed by atoms with van der Waals surface area (Å²) in [5.74, 6) is -0.608. The summed E-state index contributed by atoms with van der Waals surface area (Å²) in [4.78, 5) is 22.6. The van der Waals surface area contributed by atoms with Crippen LogP contribution in [0.4, 0.5) is 0 Å². The van der Waals surface area contributed by atoms with Crippen molar-refractivity contribution < 1.29 is 19.1 Å². The Bertz CT molecular complexity index is 689. The Balaban J connectivity index is 2.13. The third-order valence-electron chi connectivity index (χ3n) is 2.94. The zero-order valence-corrected chi connectivity index (χ0v) is 12.1. The maximum atomic E-state index is 11.9. The second kappa shape index (κ2) is 7.21. The van der Waals surface area contributed by atoms with Crippen molar-refractivity contribution in [3.8, 4) is 0 Å². The van der Waals surface area contributed by atoms with E-state index in [-0.39, 0.29) is 18.6 Å². The van der Waals surface area contributed by atoms with E-state index in [0.717, 1.165) is 5.56 Å². The minimum absolute atomic E-state index is 0.0660. The van der Waals surface area contributed by atoms with Gasteiger partial charge in [0.2, 0.25) is 0 Å². The molecule has 2 aromatic rings. The molecule has 0 unspecified atom stereocenters. The van der Waals surface area contributed by atoms with Crippen molar-refractivity contribution in [1.29, 1.82) is 0 Å². The summed E-state index contributed by atoms with van der Waals surface area (Å²) >= 11 is 0. The highest BCUT2D eigenvalue weighted by Crippen LogP contribution is 2.08. The third kappa shape index (κ3) is 4.31. The van der Waals surface area contributed by atoms with E-state index in [1.54, 1.807) is 19.1 Å². The van der Waals surface area contributed by atoms with Crippen LogP contribution in [0.5, 0.6) is 0 Å². The number of nitrogens with zero attached hydrogens (tertiary/aromatic N) is 1. The van der Waals surface area contributed by atoms with Gasteiger partial charge in [0.15, 0.2) is 5.76 Å². The quantitative estimate of drug-likeness (QED) is 0.633. The molecule has 0 spiro atoms. The molecule has 22 heavy (non-hydrogen) atoms. The van der Waals surface area contributed by atoms with E-state index >= 15 is 0 Å². The Kier molecular flexibility index (Phi) is 5.08. The number of nitrogens with one attached hydrogen (secondary N) is 1. The summed E-state index contributed by atoms with van der Waals surface area (Å²) in [6.07, 6.45) is 0.153. The van der Waals surface area contributed by atoms with Gasteiger partial charge in [-0.25, -0.2) is 5.43 Å². The maximum absolute atomic E-state index is 11.9. The number of carbonyl (C=O) groups is 2. The minimum atomic E-state index is -0.920. The van der Waals surface area contributed by atoms with Gasteiger partial charge >= 0.3 is 11.9 Å². The van der Waals surface area contributed by atoms with Crippen molar-refractivity contribution in [2.75, 3.05) is 0 Å². The van der Waals surface area contributed by atoms with Crippen molar-refractivity contribution in [3.63, 3.8) is 0 Å². The molecular weight excluding hydrogens is 284 g/mol. The lowest BCUT2D eigenvalue weighted by molar-refractivity contribution is -0.136. The van der Waals surface area contributed by atoms with Crippen molar-refractivity contribution >= 4 is 17.6 Å². The molecule has 0 atom stereocenters. The molecule has 1 aromatic carbocycles. The molecule has 0 aliphatic carbocycles. The average Bonchev–Trinajstić information content (AvgIpc) is 2.94. The van der Waals surface area contributed by atoms with Gasteiger partial charge in [0, 0.05) is 6.42 Å². The van der Waals surface area contributed by atoms with Gasteiger partial charge in [0.05, 0.1) is 12.1 Å². The first-order valence-electron chi connectivity index (χ1n) is 6.77. The van der Waals surface area contributed by atoms with Crippen molar-refractivity contribution in [1.82, 2.24) is 5.43 Å². The van der Waals surface area contributed by atoms with Gasteiger partial charge in [0.25, 0.3) is 0 Å². The van der Waals surface area contributed by atoms with E-state index < -0.39 is 11.9 Å². The standard InChI is InChI=1S/C16H16N2O4/c1-11-7-9-14(22-11)16(21)18-17-13(8-10-15(19)20)12-5-3-2-4-6-12/h2-7,9H,8,10H2,1H3,(H,18,21)(H,19,20). The minimum Gasteiger partial charge on any atom is -0.481 e. The summed E-state index contributed by atoms with van der Waals surface area (Å²) in [5, 5.41) is 12.9. The van der Waals surface area contributed by atoms with Crippen LogP contribution in [0, 0.1) is 6.92 Å². The molecule has 0 saturated heterocycles. The molecule has 0 saturated carbocycles. The number of aryl methyl sites for hydroxylation is 1. The molecule has 2 rings (SSSR count). The zero-order chi connectivity index (χ0) is 15.9. The number of carbonyl (C=O) groups excluding carboxylic acids is 1. The first kappa shape index (κ1) is 15.5. The summed E-state index contributed by atoms with van der Waals surface area (Å²) in [5.41, 5.74) is 3.66. The van der Waals surface area contributed by atoms with Crippen molar-refractivity contribution in [3.05, 3.63) is 59.5 Å². The van der Waals surface area contributed by atoms with Crippen LogP contribution in [0.1, 0.15) is 34.7 Å². The van der Waals surface area contributed by atoms with Crippen LogP contribution >= 0.6 is 0 Å². The van der Waals surface area contributed by atoms with Crippen LogP contribution < -0.4 is 5.43 Å². The SMILES string of the molecule is Cc1ccc(C(=O)NN=C(CCC(=O)O)c2ccccc2)o1. The lowest BCUT2D eigenvalue weighted by atomic mass is 10.1. The van der Waals surface area contributed by atoms with Crippen LogP contribution in [0.2, 0.25) is 0 Å². The van der Waals surface area contributed by atoms with Crippen LogP contribution in [-0.4, -0.2) is 22.7 Å². The Morgan fingerprint density at radius 1 is 1.14 bits per heavy atom. The Morgan fingerprint density at radius 3 is 2.45 bits per heavy atom. The highest BCUT2D eigenvalue weighted by atomic mass is 16.4. The lowest BCUT2D eigenvalue weighted by Crippen LogP contribution is -2.20. The van der Waals surface area contributed by atoms with E-state index in [2.05, 4.69) is 10.5 Å². The van der Waals surface area contributed by atoms with Crippen LogP contribution in [0.15, 0.2) is 52.0 Å². The molecule has 0 aliphatic rings. The predicted molar refractivity (Wildman–Crippen MR) is 80.8 cm³/mol. The van der Waals surface area contributed by atoms with Crippen LogP contribution in [0.3, 0.4) is 0 Å². The highest BCUT2D eigenvalue weighted by Gasteiger charge is 2.11. The van der Waals surface area contributed by atoms with Gasteiger partial charge in [-0.15, -0.1) is 0 Å². The number of hydrogen-bond acceptors (Lipinski definition) is 4. The second-order valence-corrected chi connectivity index (χ2v) is 4.67. The second-order valence-electron chi connectivity index (χ2n) is 4.67. The molecule has 2 N–H and O–H groups in total. The molecule has 0 aliphatic heterocycles. The van der Waals surface area contributed by atoms with Crippen LogP contribution in [-0.2, 0) is 4.79 Å². The van der Waals surface area contributed by atoms with E-state index in [4.69, 9.17) is 9.52 Å². The first-order valence-corrected chi connectivity index (χ1v) is 6.77. The number of aliphatic carboxylic acids is 1. The summed E-state index contributed by atoms with van der Waals surface area (Å²) in [6, 6.07) is 12.4. The Hall–Kier alpha value is -2.89. The van der Waals surface area contributed by atoms with Gasteiger partial charge in [-0.05, 0) is 24.6 Å². The fourth-order valence-electron chi connectivity index (χ4n) is 1.85. The fraction of sp³-hybridized carbons (Fsp3) is 0.188. The van der Waals surface area contributed by atoms with Crippen LogP contribution in [0.25, 0.3) is 0 Å². The average molecular weight is 300 g/mol. The predicted octanol–water partition coefficient (Wildman–Crippen LogP) is 2.59. The van der Waals surface area contributed by atoms with Crippen molar-refractivity contribution in [2.24, 2.45) is 5.10 Å². The monoisotopic (exact) mass is 300 g/mol. The summed E-state index contributed by atoms with van der Waals surface area (Å²) in [6.45, 7) is 1.74. The van der Waals surface area contributed by atoms with E-state index in [9.17, 15) is 9.59 Å². The topological polar surface area (TPSA) is 91.9 Å². The van der Waals surface area contributed by atoms with Gasteiger partial charge in [-0.2, -0.15) is 5.10 Å². The largest absolute Gasteiger partial charge is 0.481 e. The number of carboxylic acid groups (broad SMARTS) is 1. The molecule has 0 fully saturated rings. The van der Waals surface area contributed by atoms with E-state index in [1.165, 1.54) is 0 Å². The van der Waals surface area contributed by atoms with E-state index in [1.807, 2.05) is 30.3 Å². The fourth-order valence-corrected chi connectivity index (χ4v) is 1.85. The summed E-state index contributed by atoms with van der Waals surface area (Å²) < 4.78 is 5.21. The molecule has 6 nitrogen and oxygen atoms in total. The molecule has 0 radical (unpaired) electrons. The number of amides is 1. The first-order chi connectivity index (χ1) is 10.6. The smallest absolute Gasteiger partial charge is 0.307 e. The van der Waals surface area contributed by atoms with Crippen molar-refractivity contribution in [2.45, 2.75) is 19.8 Å². The molecule has 6 heteroatoms. The summed E-state index contributed by atoms with van der Waals surface area (Å²) in [7, 11) is 0. The Morgan fingerprint density at radius 2 is 1.86 bits per heavy atom. The molecule has 114 valence electrons. The molecule has 1 heterocycles. The normalized spacial score (nSPS) is 11.2. The number of furan rings is 1. The number of carboxylic acids is 1. The van der Waals surface area contributed by atoms with Gasteiger partial charge in [0.1, 0.15) is 5.76 Å². The zero-order valence-electron chi connectivity index (χ0n) is 12.1. The van der Waals surface area contributed by atoms with Gasteiger partial charge < -0.3 is 9.52 Å². The number of hydrogen-bond donors (Lipinski definition) is 2. The van der Waals surface area contributed by atoms with Gasteiger partial charge in [-0.3, -0.25) is 9.59 Å².